The number of benzene rings is 1. The molecule has 11 heteroatoms. The van der Waals surface area contributed by atoms with Gasteiger partial charge in [0.2, 0.25) is 17.8 Å². The van der Waals surface area contributed by atoms with Gasteiger partial charge in [-0.25, -0.2) is 13.8 Å². The van der Waals surface area contributed by atoms with Crippen LogP contribution in [0.25, 0.3) is 0 Å². The second-order valence-corrected chi connectivity index (χ2v) is 8.78. The van der Waals surface area contributed by atoms with Crippen molar-refractivity contribution in [2.75, 3.05) is 35.8 Å². The number of hydrogen-bond donors (Lipinski definition) is 2. The average molecular weight is 489 g/mol. The Morgan fingerprint density at radius 1 is 1.31 bits per heavy atom. The van der Waals surface area contributed by atoms with Crippen molar-refractivity contribution in [1.82, 2.24) is 15.3 Å². The van der Waals surface area contributed by atoms with E-state index in [0.717, 1.165) is 0 Å². The number of nitrogens with zero attached hydrogens (tertiary/aromatic N) is 4. The summed E-state index contributed by atoms with van der Waals surface area (Å²) in [6, 6.07) is 3.87. The maximum atomic E-state index is 14.1. The molecule has 1 aliphatic heterocycles. The number of methoxy groups -OCH3 is 1. The summed E-state index contributed by atoms with van der Waals surface area (Å²) in [5.41, 5.74) is 1.45. The molecule has 0 radical (unpaired) electrons. The Morgan fingerprint density at radius 3 is 2.71 bits per heavy atom. The Bertz CT molecular complexity index is 1130. The van der Waals surface area contributed by atoms with E-state index in [9.17, 15) is 18.4 Å². The first-order valence-electron chi connectivity index (χ1n) is 11.7. The summed E-state index contributed by atoms with van der Waals surface area (Å²) in [7, 11) is 3.13. The number of alkyl halides is 2. The number of fused-ring (bicyclic) bond motifs is 1. The zero-order chi connectivity index (χ0) is 25.3. The quantitative estimate of drug-likeness (QED) is 0.613. The molecule has 1 unspecified atom stereocenters. The molecule has 2 aromatic rings. The molecule has 2 atom stereocenters. The van der Waals surface area contributed by atoms with Gasteiger partial charge in [-0.2, -0.15) is 4.98 Å². The second kappa shape index (κ2) is 9.63. The van der Waals surface area contributed by atoms with E-state index in [-0.39, 0.29) is 37.0 Å². The molecule has 2 N–H and O–H groups in total. The van der Waals surface area contributed by atoms with Gasteiger partial charge in [0.05, 0.1) is 19.0 Å². The molecule has 0 bridgehead atoms. The number of halogens is 2. The van der Waals surface area contributed by atoms with Crippen LogP contribution in [-0.4, -0.2) is 60.5 Å². The van der Waals surface area contributed by atoms with Crippen LogP contribution in [0.5, 0.6) is 5.75 Å². The third-order valence-electron chi connectivity index (χ3n) is 6.51. The molecule has 2 heterocycles. The number of anilines is 4. The van der Waals surface area contributed by atoms with Crippen LogP contribution in [0.1, 0.15) is 49.9 Å². The number of amides is 2. The van der Waals surface area contributed by atoms with Crippen LogP contribution >= 0.6 is 0 Å². The predicted octanol–water partition coefficient (Wildman–Crippen LogP) is 3.73. The smallest absolute Gasteiger partial charge is 0.251 e. The summed E-state index contributed by atoms with van der Waals surface area (Å²) in [5.74, 6) is -2.06. The minimum atomic E-state index is -2.76. The summed E-state index contributed by atoms with van der Waals surface area (Å²) in [5, 5.41) is 5.84. The maximum absolute atomic E-state index is 14.1. The molecule has 4 rings (SSSR count). The lowest BCUT2D eigenvalue weighted by Gasteiger charge is -2.43. The molecule has 0 spiro atoms. The largest absolute Gasteiger partial charge is 0.495 e. The van der Waals surface area contributed by atoms with Gasteiger partial charge in [0.1, 0.15) is 17.5 Å². The van der Waals surface area contributed by atoms with Crippen LogP contribution < -0.4 is 25.2 Å². The molecule has 2 aliphatic rings. The fourth-order valence-corrected chi connectivity index (χ4v) is 4.74. The molecule has 1 aliphatic carbocycles. The Hall–Kier alpha value is -3.50. The van der Waals surface area contributed by atoms with Crippen molar-refractivity contribution in [2.45, 2.75) is 57.5 Å². The molecule has 1 saturated carbocycles. The van der Waals surface area contributed by atoms with Gasteiger partial charge in [-0.05, 0) is 38.0 Å². The third-order valence-corrected chi connectivity index (χ3v) is 6.51. The Labute approximate surface area is 202 Å². The average Bonchev–Trinajstić information content (AvgIpc) is 3.20. The van der Waals surface area contributed by atoms with E-state index in [1.165, 1.54) is 18.2 Å². The fourth-order valence-electron chi connectivity index (χ4n) is 4.74. The minimum Gasteiger partial charge on any atom is -0.495 e. The van der Waals surface area contributed by atoms with Crippen molar-refractivity contribution >= 4 is 35.0 Å². The van der Waals surface area contributed by atoms with Crippen LogP contribution in [0.4, 0.5) is 31.9 Å². The molecule has 1 fully saturated rings. The summed E-state index contributed by atoms with van der Waals surface area (Å²) >= 11 is 0. The molecule has 1 aromatic carbocycles. The van der Waals surface area contributed by atoms with E-state index >= 15 is 0 Å². The van der Waals surface area contributed by atoms with E-state index in [2.05, 4.69) is 20.6 Å². The Kier molecular flexibility index (Phi) is 6.77. The van der Waals surface area contributed by atoms with E-state index < -0.39 is 18.0 Å². The lowest BCUT2D eigenvalue weighted by molar-refractivity contribution is -0.120. The number of carbonyl (C=O) groups excluding carboxylic acids is 2. The predicted molar refractivity (Wildman–Crippen MR) is 129 cm³/mol. The monoisotopic (exact) mass is 488 g/mol. The summed E-state index contributed by atoms with van der Waals surface area (Å²) in [6.45, 7) is 4.20. The van der Waals surface area contributed by atoms with Gasteiger partial charge in [0.15, 0.2) is 5.82 Å². The minimum absolute atomic E-state index is 0.165. The van der Waals surface area contributed by atoms with Gasteiger partial charge < -0.3 is 25.2 Å². The topological polar surface area (TPSA) is 99.7 Å². The van der Waals surface area contributed by atoms with Gasteiger partial charge in [0.25, 0.3) is 5.91 Å². The SMILES string of the molecule is CCNC(=O)c1ccc(Nc2ncc3c(n2)N([C@@H]2CCC(F)(F)C2)C(CC)C(=O)N3C)c(OC)c1. The van der Waals surface area contributed by atoms with E-state index in [4.69, 9.17) is 4.74 Å². The van der Waals surface area contributed by atoms with Gasteiger partial charge in [-0.15, -0.1) is 0 Å². The Morgan fingerprint density at radius 2 is 2.09 bits per heavy atom. The van der Waals surface area contributed by atoms with Crippen LogP contribution in [0.2, 0.25) is 0 Å². The number of carbonyl (C=O) groups is 2. The van der Waals surface area contributed by atoms with Crippen molar-refractivity contribution in [1.29, 1.82) is 0 Å². The van der Waals surface area contributed by atoms with E-state index in [0.29, 0.717) is 41.5 Å². The number of nitrogens with one attached hydrogen (secondary N) is 2. The van der Waals surface area contributed by atoms with Crippen LogP contribution in [0.15, 0.2) is 24.4 Å². The van der Waals surface area contributed by atoms with Crippen LogP contribution in [0.3, 0.4) is 0 Å². The number of aromatic nitrogens is 2. The summed E-state index contributed by atoms with van der Waals surface area (Å²) in [4.78, 5) is 37.4. The lowest BCUT2D eigenvalue weighted by Crippen LogP contribution is -2.55. The van der Waals surface area contributed by atoms with Gasteiger partial charge in [-0.3, -0.25) is 9.59 Å². The van der Waals surface area contributed by atoms with E-state index in [1.807, 2.05) is 13.8 Å². The molecule has 9 nitrogen and oxygen atoms in total. The zero-order valence-electron chi connectivity index (χ0n) is 20.3. The molecule has 35 heavy (non-hydrogen) atoms. The molecular formula is C24H30F2N6O3. The third kappa shape index (κ3) is 4.71. The highest BCUT2D eigenvalue weighted by atomic mass is 19.3. The Balaban J connectivity index is 1.69. The molecule has 1 aromatic heterocycles. The van der Waals surface area contributed by atoms with Crippen molar-refractivity contribution in [3.8, 4) is 5.75 Å². The first-order valence-corrected chi connectivity index (χ1v) is 11.7. The molecule has 2 amide bonds. The van der Waals surface area contributed by atoms with Crippen LogP contribution in [0, 0.1) is 0 Å². The lowest BCUT2D eigenvalue weighted by atomic mass is 10.0. The molecule has 188 valence electrons. The zero-order valence-corrected chi connectivity index (χ0v) is 20.3. The summed E-state index contributed by atoms with van der Waals surface area (Å²) in [6.07, 6.45) is 1.73. The highest BCUT2D eigenvalue weighted by Crippen LogP contribution is 2.44. The van der Waals surface area contributed by atoms with Crippen molar-refractivity contribution in [2.24, 2.45) is 0 Å². The first-order chi connectivity index (χ1) is 16.7. The standard InChI is InChI=1S/C24H30F2N6O3/c1-5-17-22(34)31(3)18-13-28-23(30-20(18)32(17)15-9-10-24(25,26)12-15)29-16-8-7-14(11-19(16)35-4)21(33)27-6-2/h7-8,11,13,15,17H,5-6,9-10,12H2,1-4H3,(H,27,33)(H,28,29,30)/t15-,17?/m1/s1. The normalized spacial score (nSPS) is 21.0. The first kappa shape index (κ1) is 24.6. The van der Waals surface area contributed by atoms with Crippen LogP contribution in [-0.2, 0) is 4.79 Å². The number of ether oxygens (including phenoxy) is 1. The van der Waals surface area contributed by atoms with Crippen molar-refractivity contribution in [3.05, 3.63) is 30.0 Å². The second-order valence-electron chi connectivity index (χ2n) is 8.78. The fraction of sp³-hybridized carbons (Fsp3) is 0.500. The maximum Gasteiger partial charge on any atom is 0.251 e. The van der Waals surface area contributed by atoms with E-state index in [1.54, 1.807) is 30.1 Å². The van der Waals surface area contributed by atoms with Gasteiger partial charge in [-0.1, -0.05) is 6.92 Å². The van der Waals surface area contributed by atoms with Gasteiger partial charge >= 0.3 is 0 Å². The highest BCUT2D eigenvalue weighted by Gasteiger charge is 2.48. The highest BCUT2D eigenvalue weighted by molar-refractivity contribution is 6.04. The number of hydrogen-bond acceptors (Lipinski definition) is 7. The molecular weight excluding hydrogens is 458 g/mol. The molecule has 0 saturated heterocycles. The van der Waals surface area contributed by atoms with Gasteiger partial charge in [0, 0.05) is 38.0 Å². The van der Waals surface area contributed by atoms with Crippen molar-refractivity contribution < 1.29 is 23.1 Å². The number of rotatable bonds is 7. The number of likely N-dealkylation sites (N-methyl/N-ethyl adjacent to an activating group) is 1. The summed E-state index contributed by atoms with van der Waals surface area (Å²) < 4.78 is 33.7. The van der Waals surface area contributed by atoms with Crippen molar-refractivity contribution in [3.63, 3.8) is 0 Å².